The first-order valence-electron chi connectivity index (χ1n) is 7.75. The Balaban J connectivity index is 1.76. The summed E-state index contributed by atoms with van der Waals surface area (Å²) in [6.07, 6.45) is 2.87. The van der Waals surface area contributed by atoms with Gasteiger partial charge in [-0.1, -0.05) is 30.1 Å². The highest BCUT2D eigenvalue weighted by atomic mass is 35.5. The lowest BCUT2D eigenvalue weighted by molar-refractivity contribution is -0.134. The SMILES string of the molecule is CC1CCC2(CC1)NC(=O)N(NC(=O)c1ccc(Cl)cc1Cl)C2=O. The molecule has 1 saturated carbocycles. The van der Waals surface area contributed by atoms with Crippen molar-refractivity contribution in [2.75, 3.05) is 0 Å². The van der Waals surface area contributed by atoms with Crippen molar-refractivity contribution in [3.63, 3.8) is 0 Å². The zero-order chi connectivity index (χ0) is 17.5. The van der Waals surface area contributed by atoms with Crippen LogP contribution in [0.15, 0.2) is 18.2 Å². The number of halogens is 2. The van der Waals surface area contributed by atoms with Gasteiger partial charge in [0, 0.05) is 5.02 Å². The van der Waals surface area contributed by atoms with Gasteiger partial charge in [0.05, 0.1) is 10.6 Å². The van der Waals surface area contributed by atoms with Crippen molar-refractivity contribution in [3.05, 3.63) is 33.8 Å². The van der Waals surface area contributed by atoms with Crippen molar-refractivity contribution in [1.82, 2.24) is 15.8 Å². The van der Waals surface area contributed by atoms with Crippen molar-refractivity contribution in [2.45, 2.75) is 38.1 Å². The number of hydrogen-bond donors (Lipinski definition) is 2. The molecular formula is C16H17Cl2N3O3. The molecule has 1 saturated heterocycles. The molecule has 1 aromatic carbocycles. The van der Waals surface area contributed by atoms with Gasteiger partial charge in [-0.15, -0.1) is 0 Å². The maximum Gasteiger partial charge on any atom is 0.344 e. The summed E-state index contributed by atoms with van der Waals surface area (Å²) in [5.41, 5.74) is 1.58. The van der Waals surface area contributed by atoms with Crippen molar-refractivity contribution in [3.8, 4) is 0 Å². The zero-order valence-corrected chi connectivity index (χ0v) is 14.6. The zero-order valence-electron chi connectivity index (χ0n) is 13.1. The first-order valence-corrected chi connectivity index (χ1v) is 8.51. The summed E-state index contributed by atoms with van der Waals surface area (Å²) in [6, 6.07) is 3.76. The number of imide groups is 1. The average Bonchev–Trinajstić information content (AvgIpc) is 2.75. The Hall–Kier alpha value is -1.79. The van der Waals surface area contributed by atoms with Gasteiger partial charge in [0.1, 0.15) is 5.54 Å². The molecule has 1 aromatic rings. The predicted molar refractivity (Wildman–Crippen MR) is 89.7 cm³/mol. The Morgan fingerprint density at radius 2 is 1.96 bits per heavy atom. The van der Waals surface area contributed by atoms with E-state index in [0.29, 0.717) is 23.8 Å². The number of benzene rings is 1. The molecule has 8 heteroatoms. The van der Waals surface area contributed by atoms with E-state index in [0.717, 1.165) is 17.9 Å². The van der Waals surface area contributed by atoms with Crippen LogP contribution in [0.5, 0.6) is 0 Å². The first kappa shape index (κ1) is 17.0. The second-order valence-electron chi connectivity index (χ2n) is 6.40. The van der Waals surface area contributed by atoms with E-state index in [9.17, 15) is 14.4 Å². The van der Waals surface area contributed by atoms with Gasteiger partial charge < -0.3 is 5.32 Å². The number of urea groups is 1. The van der Waals surface area contributed by atoms with Gasteiger partial charge in [0.2, 0.25) is 0 Å². The highest BCUT2D eigenvalue weighted by molar-refractivity contribution is 6.36. The normalized spacial score (nSPS) is 26.6. The fraction of sp³-hybridized carbons (Fsp3) is 0.438. The second-order valence-corrected chi connectivity index (χ2v) is 7.24. The fourth-order valence-electron chi connectivity index (χ4n) is 3.15. The standard InChI is InChI=1S/C16H17Cl2N3O3/c1-9-4-6-16(7-5-9)14(23)21(15(24)19-16)20-13(22)11-3-2-10(17)8-12(11)18/h2-3,8-9H,4-7H2,1H3,(H,19,24)(H,20,22). The molecule has 2 fully saturated rings. The topological polar surface area (TPSA) is 78.5 Å². The smallest absolute Gasteiger partial charge is 0.322 e. The van der Waals surface area contributed by atoms with Crippen molar-refractivity contribution >= 4 is 41.0 Å². The number of rotatable bonds is 2. The minimum Gasteiger partial charge on any atom is -0.322 e. The molecule has 0 unspecified atom stereocenters. The fourth-order valence-corrected chi connectivity index (χ4v) is 3.65. The summed E-state index contributed by atoms with van der Waals surface area (Å²) < 4.78 is 0. The van der Waals surface area contributed by atoms with E-state index in [1.165, 1.54) is 18.2 Å². The minimum absolute atomic E-state index is 0.139. The lowest BCUT2D eigenvalue weighted by Crippen LogP contribution is -2.51. The lowest BCUT2D eigenvalue weighted by atomic mass is 9.77. The van der Waals surface area contributed by atoms with Crippen LogP contribution in [-0.4, -0.2) is 28.4 Å². The predicted octanol–water partition coefficient (Wildman–Crippen LogP) is 3.14. The number of hydrazine groups is 1. The van der Waals surface area contributed by atoms with Gasteiger partial charge in [-0.2, -0.15) is 5.01 Å². The third kappa shape index (κ3) is 2.96. The first-order chi connectivity index (χ1) is 11.3. The molecule has 2 N–H and O–H groups in total. The third-order valence-electron chi connectivity index (χ3n) is 4.68. The lowest BCUT2D eigenvalue weighted by Gasteiger charge is -2.33. The molecule has 2 aliphatic rings. The van der Waals surface area contributed by atoms with Crippen LogP contribution in [0.1, 0.15) is 43.0 Å². The van der Waals surface area contributed by atoms with Crippen molar-refractivity contribution in [1.29, 1.82) is 0 Å². The summed E-state index contributed by atoms with van der Waals surface area (Å²) in [5, 5.41) is 4.03. The number of hydrogen-bond acceptors (Lipinski definition) is 3. The van der Waals surface area contributed by atoms with Gasteiger partial charge in [0.15, 0.2) is 0 Å². The number of amides is 4. The van der Waals surface area contributed by atoms with Crippen LogP contribution in [0.3, 0.4) is 0 Å². The Morgan fingerprint density at radius 1 is 1.29 bits per heavy atom. The van der Waals surface area contributed by atoms with Crippen LogP contribution in [0.25, 0.3) is 0 Å². The summed E-state index contributed by atoms with van der Waals surface area (Å²) in [5.74, 6) is -0.531. The van der Waals surface area contributed by atoms with Crippen LogP contribution in [-0.2, 0) is 4.79 Å². The Morgan fingerprint density at radius 3 is 2.58 bits per heavy atom. The summed E-state index contributed by atoms with van der Waals surface area (Å²) in [7, 11) is 0. The van der Waals surface area contributed by atoms with Gasteiger partial charge in [-0.05, 0) is 49.8 Å². The molecule has 0 atom stereocenters. The van der Waals surface area contributed by atoms with Crippen LogP contribution >= 0.6 is 23.2 Å². The molecule has 1 aliphatic carbocycles. The molecule has 0 aromatic heterocycles. The number of nitrogens with one attached hydrogen (secondary N) is 2. The molecule has 128 valence electrons. The molecule has 0 radical (unpaired) electrons. The van der Waals surface area contributed by atoms with Gasteiger partial charge in [-0.3, -0.25) is 15.0 Å². The van der Waals surface area contributed by atoms with E-state index in [2.05, 4.69) is 17.7 Å². The number of carbonyl (C=O) groups excluding carboxylic acids is 3. The molecule has 24 heavy (non-hydrogen) atoms. The van der Waals surface area contributed by atoms with Crippen LogP contribution in [0.4, 0.5) is 4.79 Å². The van der Waals surface area contributed by atoms with Crippen LogP contribution < -0.4 is 10.7 Å². The molecule has 1 heterocycles. The molecule has 1 aliphatic heterocycles. The third-order valence-corrected chi connectivity index (χ3v) is 5.23. The molecule has 6 nitrogen and oxygen atoms in total. The molecule has 3 rings (SSSR count). The van der Waals surface area contributed by atoms with Crippen LogP contribution in [0.2, 0.25) is 10.0 Å². The summed E-state index contributed by atoms with van der Waals surface area (Å²) in [6.45, 7) is 2.12. The van der Waals surface area contributed by atoms with E-state index >= 15 is 0 Å². The van der Waals surface area contributed by atoms with Crippen molar-refractivity contribution < 1.29 is 14.4 Å². The monoisotopic (exact) mass is 369 g/mol. The van der Waals surface area contributed by atoms with E-state index in [4.69, 9.17) is 23.2 Å². The number of carbonyl (C=O) groups is 3. The highest BCUT2D eigenvalue weighted by Gasteiger charge is 2.52. The van der Waals surface area contributed by atoms with Gasteiger partial charge in [0.25, 0.3) is 11.8 Å². The maximum atomic E-state index is 12.7. The minimum atomic E-state index is -0.902. The van der Waals surface area contributed by atoms with Gasteiger partial charge in [-0.25, -0.2) is 4.79 Å². The number of nitrogens with zero attached hydrogens (tertiary/aromatic N) is 1. The Kier molecular flexibility index (Phi) is 4.44. The van der Waals surface area contributed by atoms with E-state index in [-0.39, 0.29) is 10.6 Å². The molecule has 0 bridgehead atoms. The average molecular weight is 370 g/mol. The molecular weight excluding hydrogens is 353 g/mol. The highest BCUT2D eigenvalue weighted by Crippen LogP contribution is 2.35. The Labute approximate surface area is 149 Å². The van der Waals surface area contributed by atoms with Crippen molar-refractivity contribution in [2.24, 2.45) is 5.92 Å². The second kappa shape index (κ2) is 6.26. The van der Waals surface area contributed by atoms with E-state index < -0.39 is 23.4 Å². The summed E-state index contributed by atoms with van der Waals surface area (Å²) in [4.78, 5) is 37.2. The van der Waals surface area contributed by atoms with Gasteiger partial charge >= 0.3 is 6.03 Å². The van der Waals surface area contributed by atoms with E-state index in [1.807, 2.05) is 0 Å². The summed E-state index contributed by atoms with van der Waals surface area (Å²) >= 11 is 11.8. The van der Waals surface area contributed by atoms with Crippen LogP contribution in [0, 0.1) is 5.92 Å². The largest absolute Gasteiger partial charge is 0.344 e. The molecule has 4 amide bonds. The molecule has 1 spiro atoms. The Bertz CT molecular complexity index is 715. The van der Waals surface area contributed by atoms with E-state index in [1.54, 1.807) is 0 Å². The quantitative estimate of drug-likeness (QED) is 0.785. The maximum absolute atomic E-state index is 12.7.